The molecule has 0 unspecified atom stereocenters. The first kappa shape index (κ1) is 11.0. The molecule has 84 valence electrons. The highest BCUT2D eigenvalue weighted by atomic mass is 35.5. The Morgan fingerprint density at radius 2 is 2.38 bits per heavy atom. The Morgan fingerprint density at radius 3 is 3.06 bits per heavy atom. The number of nitrogens with one attached hydrogen (secondary N) is 1. The van der Waals surface area contributed by atoms with Gasteiger partial charge in [0, 0.05) is 10.7 Å². The van der Waals surface area contributed by atoms with E-state index in [-0.39, 0.29) is 6.10 Å². The maximum absolute atomic E-state index is 11.5. The van der Waals surface area contributed by atoms with E-state index in [0.717, 1.165) is 12.8 Å². The number of ether oxygens (including phenoxy) is 1. The molecule has 1 aliphatic rings. The third kappa shape index (κ3) is 3.00. The van der Waals surface area contributed by atoms with Crippen LogP contribution >= 0.6 is 11.6 Å². The normalized spacial score (nSPS) is 18.4. The number of rotatable bonds is 2. The summed E-state index contributed by atoms with van der Waals surface area (Å²) in [5, 5.41) is 3.21. The average molecular weight is 238 g/mol. The van der Waals surface area contributed by atoms with Gasteiger partial charge in [-0.3, -0.25) is 5.32 Å². The highest BCUT2D eigenvalue weighted by molar-refractivity contribution is 6.30. The number of anilines is 1. The number of hydrogen-bond donors (Lipinski definition) is 1. The predicted octanol–water partition coefficient (Wildman–Crippen LogP) is 3.61. The van der Waals surface area contributed by atoms with Gasteiger partial charge >= 0.3 is 6.09 Å². The molecule has 16 heavy (non-hydrogen) atoms. The molecule has 1 atom stereocenters. The highest BCUT2D eigenvalue weighted by Gasteiger charge is 2.14. The fourth-order valence-corrected chi connectivity index (χ4v) is 1.74. The Labute approximate surface area is 99.1 Å². The lowest BCUT2D eigenvalue weighted by atomic mass is 10.3. The van der Waals surface area contributed by atoms with Crippen molar-refractivity contribution in [2.24, 2.45) is 0 Å². The molecule has 1 aliphatic carbocycles. The largest absolute Gasteiger partial charge is 0.442 e. The molecule has 3 nitrogen and oxygen atoms in total. The van der Waals surface area contributed by atoms with E-state index in [1.54, 1.807) is 24.3 Å². The van der Waals surface area contributed by atoms with Crippen LogP contribution in [0.5, 0.6) is 0 Å². The van der Waals surface area contributed by atoms with Gasteiger partial charge < -0.3 is 4.74 Å². The van der Waals surface area contributed by atoms with Gasteiger partial charge in [0.25, 0.3) is 0 Å². The predicted molar refractivity (Wildman–Crippen MR) is 63.7 cm³/mol. The van der Waals surface area contributed by atoms with E-state index in [4.69, 9.17) is 16.3 Å². The van der Waals surface area contributed by atoms with E-state index in [1.165, 1.54) is 0 Å². The maximum Gasteiger partial charge on any atom is 0.412 e. The van der Waals surface area contributed by atoms with Gasteiger partial charge in [0.15, 0.2) is 0 Å². The fraction of sp³-hybridized carbons (Fsp3) is 0.250. The number of carbonyl (C=O) groups is 1. The van der Waals surface area contributed by atoms with Crippen molar-refractivity contribution in [1.29, 1.82) is 0 Å². The Balaban J connectivity index is 1.89. The van der Waals surface area contributed by atoms with Crippen molar-refractivity contribution in [1.82, 2.24) is 0 Å². The number of allylic oxidation sites excluding steroid dienone is 1. The molecule has 0 radical (unpaired) electrons. The zero-order valence-electron chi connectivity index (χ0n) is 8.65. The van der Waals surface area contributed by atoms with Gasteiger partial charge in [-0.25, -0.2) is 4.79 Å². The van der Waals surface area contributed by atoms with Crippen molar-refractivity contribution in [2.75, 3.05) is 5.32 Å². The van der Waals surface area contributed by atoms with Crippen LogP contribution in [0, 0.1) is 0 Å². The summed E-state index contributed by atoms with van der Waals surface area (Å²) < 4.78 is 5.18. The lowest BCUT2D eigenvalue weighted by Crippen LogP contribution is -2.19. The number of carbonyl (C=O) groups excluding carboxylic acids is 1. The van der Waals surface area contributed by atoms with Crippen LogP contribution in [0.2, 0.25) is 5.02 Å². The summed E-state index contributed by atoms with van der Waals surface area (Å²) in [6, 6.07) is 6.95. The molecule has 0 saturated carbocycles. The molecule has 1 N–H and O–H groups in total. The molecule has 0 spiro atoms. The zero-order valence-corrected chi connectivity index (χ0v) is 9.41. The molecule has 0 aromatic heterocycles. The summed E-state index contributed by atoms with van der Waals surface area (Å²) in [5.74, 6) is 0. The van der Waals surface area contributed by atoms with Crippen LogP contribution in [0.3, 0.4) is 0 Å². The van der Waals surface area contributed by atoms with Crippen molar-refractivity contribution in [3.8, 4) is 0 Å². The summed E-state index contributed by atoms with van der Waals surface area (Å²) in [5.41, 5.74) is 0.638. The number of hydrogen-bond acceptors (Lipinski definition) is 2. The SMILES string of the molecule is O=C(Nc1cccc(Cl)c1)O[C@H]1C=CCC1. The summed E-state index contributed by atoms with van der Waals surface area (Å²) in [6.07, 6.45) is 5.20. The van der Waals surface area contributed by atoms with Crippen LogP contribution in [0.4, 0.5) is 10.5 Å². The van der Waals surface area contributed by atoms with E-state index in [0.29, 0.717) is 10.7 Å². The molecule has 4 heteroatoms. The number of amides is 1. The summed E-state index contributed by atoms with van der Waals surface area (Å²) in [4.78, 5) is 11.5. The van der Waals surface area contributed by atoms with Gasteiger partial charge in [-0.05, 0) is 37.1 Å². The molecule has 1 aromatic carbocycles. The second-order valence-electron chi connectivity index (χ2n) is 3.58. The highest BCUT2D eigenvalue weighted by Crippen LogP contribution is 2.17. The molecule has 0 bridgehead atoms. The zero-order chi connectivity index (χ0) is 11.4. The quantitative estimate of drug-likeness (QED) is 0.798. The smallest absolute Gasteiger partial charge is 0.412 e. The van der Waals surface area contributed by atoms with Crippen LogP contribution in [-0.4, -0.2) is 12.2 Å². The first-order chi connectivity index (χ1) is 7.74. The maximum atomic E-state index is 11.5. The van der Waals surface area contributed by atoms with Crippen LogP contribution in [0.1, 0.15) is 12.8 Å². The topological polar surface area (TPSA) is 38.3 Å². The fourth-order valence-electron chi connectivity index (χ4n) is 1.55. The summed E-state index contributed by atoms with van der Waals surface area (Å²) in [6.45, 7) is 0. The lowest BCUT2D eigenvalue weighted by molar-refractivity contribution is 0.134. The van der Waals surface area contributed by atoms with E-state index >= 15 is 0 Å². The van der Waals surface area contributed by atoms with Gasteiger partial charge in [-0.15, -0.1) is 0 Å². The van der Waals surface area contributed by atoms with Crippen molar-refractivity contribution in [3.63, 3.8) is 0 Å². The molecule has 0 heterocycles. The third-order valence-corrected chi connectivity index (χ3v) is 2.53. The Hall–Kier alpha value is -1.48. The minimum absolute atomic E-state index is 0.0980. The van der Waals surface area contributed by atoms with Gasteiger partial charge in [-0.2, -0.15) is 0 Å². The minimum atomic E-state index is -0.446. The van der Waals surface area contributed by atoms with Crippen LogP contribution in [0.15, 0.2) is 36.4 Å². The minimum Gasteiger partial charge on any atom is -0.442 e. The molecule has 1 aromatic rings. The van der Waals surface area contributed by atoms with Gasteiger partial charge in [0.2, 0.25) is 0 Å². The van der Waals surface area contributed by atoms with Crippen molar-refractivity contribution in [3.05, 3.63) is 41.4 Å². The van der Waals surface area contributed by atoms with Gasteiger partial charge in [0.05, 0.1) is 0 Å². The third-order valence-electron chi connectivity index (χ3n) is 2.30. The first-order valence-corrected chi connectivity index (χ1v) is 5.52. The van der Waals surface area contributed by atoms with Crippen molar-refractivity contribution in [2.45, 2.75) is 18.9 Å². The van der Waals surface area contributed by atoms with E-state index in [2.05, 4.69) is 5.32 Å². The van der Waals surface area contributed by atoms with Gasteiger partial charge in [-0.1, -0.05) is 23.7 Å². The Kier molecular flexibility index (Phi) is 3.47. The second kappa shape index (κ2) is 5.03. The number of benzene rings is 1. The lowest BCUT2D eigenvalue weighted by Gasteiger charge is -2.11. The molecule has 0 aliphatic heterocycles. The average Bonchev–Trinajstić information content (AvgIpc) is 2.70. The van der Waals surface area contributed by atoms with E-state index in [9.17, 15) is 4.79 Å². The molecular weight excluding hydrogens is 226 g/mol. The summed E-state index contributed by atoms with van der Waals surface area (Å²) in [7, 11) is 0. The van der Waals surface area contributed by atoms with Crippen LogP contribution < -0.4 is 5.32 Å². The van der Waals surface area contributed by atoms with E-state index < -0.39 is 6.09 Å². The standard InChI is InChI=1S/C12H12ClNO2/c13-9-4-3-5-10(8-9)14-12(15)16-11-6-1-2-7-11/h1,3-6,8,11H,2,7H2,(H,14,15)/t11-/m0/s1. The first-order valence-electron chi connectivity index (χ1n) is 5.14. The van der Waals surface area contributed by atoms with Crippen LogP contribution in [0.25, 0.3) is 0 Å². The Bertz CT molecular complexity index is 417. The van der Waals surface area contributed by atoms with E-state index in [1.807, 2.05) is 12.2 Å². The second-order valence-corrected chi connectivity index (χ2v) is 4.02. The van der Waals surface area contributed by atoms with Crippen LogP contribution in [-0.2, 0) is 4.74 Å². The molecule has 1 amide bonds. The Morgan fingerprint density at radius 1 is 1.50 bits per heavy atom. The summed E-state index contributed by atoms with van der Waals surface area (Å²) >= 11 is 5.80. The monoisotopic (exact) mass is 237 g/mol. The van der Waals surface area contributed by atoms with Crippen molar-refractivity contribution >= 4 is 23.4 Å². The molecule has 0 saturated heterocycles. The number of halogens is 1. The van der Waals surface area contributed by atoms with Crippen molar-refractivity contribution < 1.29 is 9.53 Å². The molecule has 2 rings (SSSR count). The molecule has 0 fully saturated rings. The van der Waals surface area contributed by atoms with Gasteiger partial charge in [0.1, 0.15) is 6.10 Å². The molecular formula is C12H12ClNO2.